The molecule has 1 aromatic heterocycles. The van der Waals surface area contributed by atoms with Crippen LogP contribution in [0.2, 0.25) is 0 Å². The van der Waals surface area contributed by atoms with E-state index in [-0.39, 0.29) is 0 Å². The molecule has 1 fully saturated rings. The molecule has 1 atom stereocenters. The average Bonchev–Trinajstić information content (AvgIpc) is 3.05. The summed E-state index contributed by atoms with van der Waals surface area (Å²) in [6, 6.07) is 0.701. The second kappa shape index (κ2) is 7.38. The van der Waals surface area contributed by atoms with Crippen molar-refractivity contribution in [3.63, 3.8) is 0 Å². The van der Waals surface area contributed by atoms with Gasteiger partial charge >= 0.3 is 0 Å². The fourth-order valence-electron chi connectivity index (χ4n) is 3.02. The van der Waals surface area contributed by atoms with Crippen molar-refractivity contribution >= 4 is 16.5 Å². The Morgan fingerprint density at radius 1 is 1.45 bits per heavy atom. The number of thiazole rings is 1. The minimum Gasteiger partial charge on any atom is -0.350 e. The number of hydrogen-bond donors (Lipinski definition) is 1. The van der Waals surface area contributed by atoms with Crippen LogP contribution in [0.4, 0.5) is 5.13 Å². The molecule has 2 rings (SSSR count). The molecule has 0 radical (unpaired) electrons. The number of likely N-dealkylation sites (tertiary alicyclic amines) is 1. The highest BCUT2D eigenvalue weighted by molar-refractivity contribution is 7.15. The third kappa shape index (κ3) is 3.51. The van der Waals surface area contributed by atoms with Crippen LogP contribution < -0.4 is 10.2 Å². The van der Waals surface area contributed by atoms with Gasteiger partial charge in [-0.05, 0) is 39.4 Å². The van der Waals surface area contributed by atoms with Crippen LogP contribution in [0.15, 0.2) is 0 Å². The molecule has 0 saturated carbocycles. The molecule has 1 saturated heterocycles. The summed E-state index contributed by atoms with van der Waals surface area (Å²) < 4.78 is 0. The standard InChI is InChI=1S/C15H28N4S/c1-5-13-14(10-16-3)20-15(17-13)18(4)11-12-8-7-9-19(12)6-2/h12,16H,5-11H2,1-4H3. The van der Waals surface area contributed by atoms with E-state index in [4.69, 9.17) is 4.98 Å². The Labute approximate surface area is 127 Å². The molecule has 1 N–H and O–H groups in total. The van der Waals surface area contributed by atoms with Gasteiger partial charge in [-0.2, -0.15) is 0 Å². The minimum absolute atomic E-state index is 0.701. The van der Waals surface area contributed by atoms with E-state index in [0.717, 1.165) is 19.5 Å². The highest BCUT2D eigenvalue weighted by atomic mass is 32.1. The molecular weight excluding hydrogens is 268 g/mol. The Hall–Kier alpha value is -0.650. The number of anilines is 1. The SMILES string of the molecule is CCc1nc(N(C)CC2CCCN2CC)sc1CNC. The monoisotopic (exact) mass is 296 g/mol. The lowest BCUT2D eigenvalue weighted by atomic mass is 10.2. The van der Waals surface area contributed by atoms with Crippen LogP contribution >= 0.6 is 11.3 Å². The predicted octanol–water partition coefficient (Wildman–Crippen LogP) is 2.35. The van der Waals surface area contributed by atoms with Crippen LogP contribution in [0.3, 0.4) is 0 Å². The van der Waals surface area contributed by atoms with Crippen molar-refractivity contribution in [2.75, 3.05) is 38.6 Å². The maximum absolute atomic E-state index is 4.83. The van der Waals surface area contributed by atoms with Crippen molar-refractivity contribution in [3.8, 4) is 0 Å². The minimum atomic E-state index is 0.701. The molecule has 1 aliphatic rings. The maximum Gasteiger partial charge on any atom is 0.185 e. The molecule has 1 unspecified atom stereocenters. The molecule has 0 aromatic carbocycles. The second-order valence-electron chi connectivity index (χ2n) is 5.56. The summed E-state index contributed by atoms with van der Waals surface area (Å²) >= 11 is 1.84. The topological polar surface area (TPSA) is 31.4 Å². The lowest BCUT2D eigenvalue weighted by molar-refractivity contribution is 0.270. The van der Waals surface area contributed by atoms with Gasteiger partial charge in [-0.3, -0.25) is 4.90 Å². The summed E-state index contributed by atoms with van der Waals surface area (Å²) in [6.07, 6.45) is 3.69. The van der Waals surface area contributed by atoms with Gasteiger partial charge in [0.2, 0.25) is 0 Å². The Balaban J connectivity index is 2.03. The normalized spacial score (nSPS) is 19.7. The van der Waals surface area contributed by atoms with Gasteiger partial charge in [0.1, 0.15) is 0 Å². The smallest absolute Gasteiger partial charge is 0.185 e. The number of rotatable bonds is 7. The molecule has 1 aromatic rings. The molecule has 0 amide bonds. The summed E-state index contributed by atoms with van der Waals surface area (Å²) in [7, 11) is 4.19. The van der Waals surface area contributed by atoms with E-state index < -0.39 is 0 Å². The van der Waals surface area contributed by atoms with E-state index >= 15 is 0 Å². The first-order chi connectivity index (χ1) is 9.69. The number of nitrogens with zero attached hydrogens (tertiary/aromatic N) is 3. The van der Waals surface area contributed by atoms with E-state index in [1.165, 1.54) is 41.6 Å². The number of aromatic nitrogens is 1. The van der Waals surface area contributed by atoms with Crippen LogP contribution in [0.25, 0.3) is 0 Å². The fourth-order valence-corrected chi connectivity index (χ4v) is 4.15. The van der Waals surface area contributed by atoms with Crippen LogP contribution in [0.5, 0.6) is 0 Å². The zero-order chi connectivity index (χ0) is 14.5. The van der Waals surface area contributed by atoms with Gasteiger partial charge < -0.3 is 10.2 Å². The molecule has 0 aliphatic carbocycles. The lowest BCUT2D eigenvalue weighted by Gasteiger charge is -2.27. The summed E-state index contributed by atoms with van der Waals surface area (Å²) in [4.78, 5) is 11.2. The zero-order valence-electron chi connectivity index (χ0n) is 13.3. The first-order valence-corrected chi connectivity index (χ1v) is 8.59. The van der Waals surface area contributed by atoms with Crippen LogP contribution in [0.1, 0.15) is 37.3 Å². The average molecular weight is 296 g/mol. The van der Waals surface area contributed by atoms with Gasteiger partial charge in [0.15, 0.2) is 5.13 Å². The Morgan fingerprint density at radius 3 is 2.90 bits per heavy atom. The Morgan fingerprint density at radius 2 is 2.25 bits per heavy atom. The molecule has 2 heterocycles. The lowest BCUT2D eigenvalue weighted by Crippen LogP contribution is -2.38. The molecule has 0 spiro atoms. The number of hydrogen-bond acceptors (Lipinski definition) is 5. The van der Waals surface area contributed by atoms with Gasteiger partial charge in [0.25, 0.3) is 0 Å². The largest absolute Gasteiger partial charge is 0.350 e. The molecule has 1 aliphatic heterocycles. The Kier molecular flexibility index (Phi) is 5.81. The van der Waals surface area contributed by atoms with E-state index in [0.29, 0.717) is 6.04 Å². The first-order valence-electron chi connectivity index (χ1n) is 7.77. The van der Waals surface area contributed by atoms with Gasteiger partial charge in [-0.1, -0.05) is 13.8 Å². The summed E-state index contributed by atoms with van der Waals surface area (Å²) in [6.45, 7) is 8.91. The molecule has 20 heavy (non-hydrogen) atoms. The maximum atomic E-state index is 4.83. The van der Waals surface area contributed by atoms with Crippen LogP contribution in [-0.4, -0.2) is 49.7 Å². The van der Waals surface area contributed by atoms with Gasteiger partial charge in [-0.25, -0.2) is 4.98 Å². The van der Waals surface area contributed by atoms with Crippen molar-refractivity contribution in [1.29, 1.82) is 0 Å². The highest BCUT2D eigenvalue weighted by Crippen LogP contribution is 2.27. The van der Waals surface area contributed by atoms with Gasteiger partial charge in [0.05, 0.1) is 5.69 Å². The second-order valence-corrected chi connectivity index (χ2v) is 6.62. The summed E-state index contributed by atoms with van der Waals surface area (Å²) in [5.41, 5.74) is 1.25. The molecule has 114 valence electrons. The zero-order valence-corrected chi connectivity index (χ0v) is 14.1. The van der Waals surface area contributed by atoms with E-state index in [9.17, 15) is 0 Å². The highest BCUT2D eigenvalue weighted by Gasteiger charge is 2.25. The van der Waals surface area contributed by atoms with Crippen molar-refractivity contribution in [2.24, 2.45) is 0 Å². The third-order valence-corrected chi connectivity index (χ3v) is 5.37. The van der Waals surface area contributed by atoms with Crippen molar-refractivity contribution in [2.45, 2.75) is 45.7 Å². The quantitative estimate of drug-likeness (QED) is 0.837. The van der Waals surface area contributed by atoms with Crippen molar-refractivity contribution < 1.29 is 0 Å². The fraction of sp³-hybridized carbons (Fsp3) is 0.800. The number of aryl methyl sites for hydroxylation is 1. The summed E-state index contributed by atoms with van der Waals surface area (Å²) in [5.74, 6) is 0. The van der Waals surface area contributed by atoms with E-state index in [1.807, 2.05) is 18.4 Å². The van der Waals surface area contributed by atoms with E-state index in [2.05, 4.69) is 36.0 Å². The van der Waals surface area contributed by atoms with E-state index in [1.54, 1.807) is 0 Å². The number of likely N-dealkylation sites (N-methyl/N-ethyl adjacent to an activating group) is 2. The molecule has 0 bridgehead atoms. The Bertz CT molecular complexity index is 418. The van der Waals surface area contributed by atoms with Gasteiger partial charge in [-0.15, -0.1) is 11.3 Å². The molecular formula is C15H28N4S. The number of nitrogens with one attached hydrogen (secondary N) is 1. The van der Waals surface area contributed by atoms with Crippen molar-refractivity contribution in [1.82, 2.24) is 15.2 Å². The molecule has 5 heteroatoms. The molecule has 4 nitrogen and oxygen atoms in total. The summed E-state index contributed by atoms with van der Waals surface area (Å²) in [5, 5.41) is 4.42. The predicted molar refractivity (Wildman–Crippen MR) is 87.8 cm³/mol. The van der Waals surface area contributed by atoms with Crippen molar-refractivity contribution in [3.05, 3.63) is 10.6 Å². The van der Waals surface area contributed by atoms with Crippen LogP contribution in [-0.2, 0) is 13.0 Å². The van der Waals surface area contributed by atoms with Crippen LogP contribution in [0, 0.1) is 0 Å². The third-order valence-electron chi connectivity index (χ3n) is 4.16. The first kappa shape index (κ1) is 15.7. The van der Waals surface area contributed by atoms with Gasteiger partial charge in [0, 0.05) is 31.1 Å².